The van der Waals surface area contributed by atoms with Gasteiger partial charge in [-0.1, -0.05) is 24.3 Å². The van der Waals surface area contributed by atoms with Crippen LogP contribution in [0.1, 0.15) is 11.1 Å². The second-order valence-electron chi connectivity index (χ2n) is 9.10. The molecule has 4 aromatic carbocycles. The van der Waals surface area contributed by atoms with Gasteiger partial charge in [0.1, 0.15) is 31.7 Å². The smallest absolute Gasteiger partial charge is 0.744 e. The van der Waals surface area contributed by atoms with Crippen LogP contribution in [0.25, 0.3) is 0 Å². The van der Waals surface area contributed by atoms with Crippen molar-refractivity contribution < 1.29 is 45.0 Å². The summed E-state index contributed by atoms with van der Waals surface area (Å²) in [7, 11) is -5.83. The molecule has 2 N–H and O–H groups in total. The predicted molar refractivity (Wildman–Crippen MR) is 165 cm³/mol. The van der Waals surface area contributed by atoms with Gasteiger partial charge in [-0.3, -0.25) is 9.59 Å². The topological polar surface area (TPSA) is 191 Å². The zero-order chi connectivity index (χ0) is 32.3. The van der Waals surface area contributed by atoms with Crippen LogP contribution in [0.15, 0.2) is 107 Å². The molecule has 45 heavy (non-hydrogen) atoms. The molecule has 0 aromatic heterocycles. The number of methoxy groups -OCH3 is 2. The molecule has 4 rings (SSSR count). The molecule has 0 aliphatic rings. The Bertz CT molecular complexity index is 1640. The Labute approximate surface area is 301 Å². The van der Waals surface area contributed by atoms with Gasteiger partial charge in [0.25, 0.3) is 0 Å². The first-order valence-electron chi connectivity index (χ1n) is 12.7. The minimum absolute atomic E-state index is 0. The first kappa shape index (κ1) is 38.0. The summed E-state index contributed by atoms with van der Waals surface area (Å²) >= 11 is 0. The summed E-state index contributed by atoms with van der Waals surface area (Å²) in [5.74, 6) is 0.919. The Kier molecular flexibility index (Phi) is 14.8. The second kappa shape index (κ2) is 17.5. The summed E-state index contributed by atoms with van der Waals surface area (Å²) in [5, 5.41) is 5.26. The van der Waals surface area contributed by atoms with Gasteiger partial charge in [-0.2, -0.15) is 0 Å². The van der Waals surface area contributed by atoms with Crippen molar-refractivity contribution in [1.29, 1.82) is 0 Å². The zero-order valence-electron chi connectivity index (χ0n) is 24.3. The summed E-state index contributed by atoms with van der Waals surface area (Å²) in [6, 6.07) is 24.3. The number of benzene rings is 4. The molecule has 0 fully saturated rings. The van der Waals surface area contributed by atoms with E-state index in [4.69, 9.17) is 9.47 Å². The Balaban J connectivity index is 0.000000307. The number of nitrogens with one attached hydrogen (secondary N) is 2. The molecule has 0 saturated carbocycles. The predicted octanol–water partition coefficient (Wildman–Crippen LogP) is 3.18. The van der Waals surface area contributed by atoms with E-state index in [0.29, 0.717) is 22.9 Å². The molecule has 0 bridgehead atoms. The molecule has 15 heteroatoms. The summed E-state index contributed by atoms with van der Waals surface area (Å²) in [5.41, 5.74) is 2.48. The second-order valence-corrected chi connectivity index (χ2v) is 11.9. The number of amides is 2. The van der Waals surface area contributed by atoms with E-state index in [9.17, 15) is 35.5 Å². The Morgan fingerprint density at radius 2 is 0.844 bits per heavy atom. The SMILES string of the molecule is COc1ccc(CC(=O)Nc2ccc(S(=O)(=O)[O-])cc2)cc1.COc1ccc(CC(=O)Nc2ccc(S(=O)(=O)[O-])cc2)cc1.[Ba+2]. The van der Waals surface area contributed by atoms with Crippen molar-refractivity contribution in [1.82, 2.24) is 0 Å². The third kappa shape index (κ3) is 13.0. The molecule has 0 atom stereocenters. The molecule has 2 amide bonds. The van der Waals surface area contributed by atoms with E-state index in [1.54, 1.807) is 62.8 Å². The van der Waals surface area contributed by atoms with E-state index < -0.39 is 20.2 Å². The molecule has 232 valence electrons. The Morgan fingerprint density at radius 1 is 0.556 bits per heavy atom. The standard InChI is InChI=1S/2C15H15NO5S.Ba/c2*1-21-13-6-2-11(3-7-13)10-15(17)16-12-4-8-14(9-5-12)22(18,19)20;/h2*2-9H,10H2,1H3,(H,16,17)(H,18,19,20);/q;;+2/p-2. The van der Waals surface area contributed by atoms with Gasteiger partial charge in [-0.25, -0.2) is 16.8 Å². The van der Waals surface area contributed by atoms with Crippen LogP contribution in [0.4, 0.5) is 11.4 Å². The number of carbonyl (C=O) groups is 2. The van der Waals surface area contributed by atoms with Crippen LogP contribution in [0.2, 0.25) is 0 Å². The van der Waals surface area contributed by atoms with E-state index in [1.807, 2.05) is 0 Å². The van der Waals surface area contributed by atoms with Crippen molar-refractivity contribution in [2.24, 2.45) is 0 Å². The van der Waals surface area contributed by atoms with E-state index in [1.165, 1.54) is 24.3 Å². The van der Waals surface area contributed by atoms with E-state index >= 15 is 0 Å². The fraction of sp³-hybridized carbons (Fsp3) is 0.133. The van der Waals surface area contributed by atoms with Gasteiger partial charge in [-0.15, -0.1) is 0 Å². The van der Waals surface area contributed by atoms with Gasteiger partial charge in [0.15, 0.2) is 0 Å². The number of hydrogen-bond acceptors (Lipinski definition) is 10. The molecule has 0 radical (unpaired) electrons. The van der Waals surface area contributed by atoms with Gasteiger partial charge >= 0.3 is 48.9 Å². The maximum absolute atomic E-state index is 11.9. The summed E-state index contributed by atoms with van der Waals surface area (Å²) < 4.78 is 74.9. The Morgan fingerprint density at radius 3 is 1.09 bits per heavy atom. The summed E-state index contributed by atoms with van der Waals surface area (Å²) in [6.07, 6.45) is 0.344. The quantitative estimate of drug-likeness (QED) is 0.179. The minimum atomic E-state index is -4.48. The van der Waals surface area contributed by atoms with Gasteiger partial charge in [0.2, 0.25) is 11.8 Å². The molecule has 12 nitrogen and oxygen atoms in total. The molecule has 0 aliphatic heterocycles. The number of carbonyl (C=O) groups excluding carboxylic acids is 2. The van der Waals surface area contributed by atoms with E-state index in [-0.39, 0.29) is 83.3 Å². The maximum Gasteiger partial charge on any atom is 2.00 e. The van der Waals surface area contributed by atoms with Gasteiger partial charge < -0.3 is 29.2 Å². The van der Waals surface area contributed by atoms with Crippen molar-refractivity contribution in [3.8, 4) is 11.5 Å². The van der Waals surface area contributed by atoms with Crippen LogP contribution < -0.4 is 20.1 Å². The van der Waals surface area contributed by atoms with Crippen LogP contribution in [0.3, 0.4) is 0 Å². The van der Waals surface area contributed by atoms with E-state index in [0.717, 1.165) is 35.4 Å². The van der Waals surface area contributed by atoms with Crippen LogP contribution in [0.5, 0.6) is 11.5 Å². The van der Waals surface area contributed by atoms with Gasteiger partial charge in [0.05, 0.1) is 36.9 Å². The van der Waals surface area contributed by atoms with Gasteiger partial charge in [0, 0.05) is 11.4 Å². The van der Waals surface area contributed by atoms with Gasteiger partial charge in [-0.05, 0) is 83.9 Å². The van der Waals surface area contributed by atoms with E-state index in [2.05, 4.69) is 10.6 Å². The molecule has 0 heterocycles. The monoisotopic (exact) mass is 778 g/mol. The largest absolute Gasteiger partial charge is 2.00 e. The first-order chi connectivity index (χ1) is 20.8. The molecular formula is C30H28BaN2O10S2. The summed E-state index contributed by atoms with van der Waals surface area (Å²) in [4.78, 5) is 23.1. The number of rotatable bonds is 10. The number of anilines is 2. The fourth-order valence-corrected chi connectivity index (χ4v) is 4.62. The third-order valence-electron chi connectivity index (χ3n) is 5.90. The number of hydrogen-bond donors (Lipinski definition) is 2. The Hall–Kier alpha value is -3.19. The first-order valence-corrected chi connectivity index (χ1v) is 15.6. The van der Waals surface area contributed by atoms with Crippen LogP contribution in [0, 0.1) is 0 Å². The molecule has 4 aromatic rings. The molecule has 0 saturated heterocycles. The van der Waals surface area contributed by atoms with Crippen LogP contribution in [-0.4, -0.2) is 101 Å². The van der Waals surface area contributed by atoms with Crippen LogP contribution in [-0.2, 0) is 42.7 Å². The average Bonchev–Trinajstić information content (AvgIpc) is 2.98. The zero-order valence-corrected chi connectivity index (χ0v) is 30.3. The molecule has 0 unspecified atom stereocenters. The number of ether oxygens (including phenoxy) is 2. The fourth-order valence-electron chi connectivity index (χ4n) is 3.68. The average molecular weight is 778 g/mol. The van der Waals surface area contributed by atoms with Crippen molar-refractivity contribution in [3.63, 3.8) is 0 Å². The minimum Gasteiger partial charge on any atom is -0.744 e. The normalized spacial score (nSPS) is 10.8. The van der Waals surface area contributed by atoms with Crippen molar-refractivity contribution in [3.05, 3.63) is 108 Å². The third-order valence-corrected chi connectivity index (χ3v) is 7.60. The van der Waals surface area contributed by atoms with Crippen molar-refractivity contribution in [2.45, 2.75) is 22.6 Å². The molecule has 0 aliphatic carbocycles. The molecular weight excluding hydrogens is 750 g/mol. The van der Waals surface area contributed by atoms with Crippen LogP contribution >= 0.6 is 0 Å². The molecule has 0 spiro atoms. The van der Waals surface area contributed by atoms with Crippen molar-refractivity contribution >= 4 is 92.3 Å². The van der Waals surface area contributed by atoms with Crippen molar-refractivity contribution in [2.75, 3.05) is 24.9 Å². The maximum atomic E-state index is 11.9. The summed E-state index contributed by atoms with van der Waals surface area (Å²) in [6.45, 7) is 0.